The second-order valence-corrected chi connectivity index (χ2v) is 9.09. The molecule has 144 valence electrons. The van der Waals surface area contributed by atoms with Crippen LogP contribution in [0.25, 0.3) is 11.4 Å². The van der Waals surface area contributed by atoms with E-state index in [4.69, 9.17) is 0 Å². The van der Waals surface area contributed by atoms with Crippen LogP contribution in [0.3, 0.4) is 0 Å². The lowest BCUT2D eigenvalue weighted by Crippen LogP contribution is -2.44. The Bertz CT molecular complexity index is 789. The third-order valence-electron chi connectivity index (χ3n) is 5.59. The number of hydrogen-bond acceptors (Lipinski definition) is 5. The molecule has 7 heteroatoms. The molecule has 2 aliphatic carbocycles. The fourth-order valence-electron chi connectivity index (χ4n) is 3.75. The van der Waals surface area contributed by atoms with E-state index in [1.54, 1.807) is 6.20 Å². The zero-order valence-corrected chi connectivity index (χ0v) is 16.8. The van der Waals surface area contributed by atoms with Crippen molar-refractivity contribution in [2.45, 2.75) is 74.9 Å². The second-order valence-electron chi connectivity index (χ2n) is 7.79. The monoisotopic (exact) mass is 385 g/mol. The van der Waals surface area contributed by atoms with Crippen LogP contribution in [0.2, 0.25) is 0 Å². The Balaban J connectivity index is 1.47. The number of nitrogens with one attached hydrogen (secondary N) is 1. The van der Waals surface area contributed by atoms with Crippen LogP contribution in [-0.4, -0.2) is 36.9 Å². The fourth-order valence-corrected chi connectivity index (χ4v) is 4.68. The van der Waals surface area contributed by atoms with E-state index in [-0.39, 0.29) is 11.2 Å². The molecule has 4 rings (SSSR count). The number of nitrogens with zero attached hydrogens (tertiary/aromatic N) is 4. The molecule has 1 N–H and O–H groups in total. The number of hydrogen-bond donors (Lipinski definition) is 1. The van der Waals surface area contributed by atoms with Crippen molar-refractivity contribution >= 4 is 17.7 Å². The van der Waals surface area contributed by atoms with Crippen molar-refractivity contribution in [3.63, 3.8) is 0 Å². The van der Waals surface area contributed by atoms with Crippen molar-refractivity contribution in [2.24, 2.45) is 5.92 Å². The van der Waals surface area contributed by atoms with E-state index >= 15 is 0 Å². The first kappa shape index (κ1) is 18.5. The molecule has 3 atom stereocenters. The van der Waals surface area contributed by atoms with Gasteiger partial charge in [-0.05, 0) is 50.7 Å². The normalized spacial score (nSPS) is 23.8. The van der Waals surface area contributed by atoms with Gasteiger partial charge >= 0.3 is 0 Å². The van der Waals surface area contributed by atoms with E-state index in [0.29, 0.717) is 18.0 Å². The standard InChI is InChI=1S/C20H27N5OS/c1-13-6-3-4-8-17(13)22-19(26)14(2)27-20-24-23-18(25(20)16-9-10-16)15-7-5-11-21-12-15/h5,7,11-14,16-17H,3-4,6,8-10H2,1-2H3,(H,22,26)/t13-,14-,17-/m1/s1. The third-order valence-corrected chi connectivity index (χ3v) is 6.64. The summed E-state index contributed by atoms with van der Waals surface area (Å²) in [6, 6.07) is 4.66. The molecule has 2 aromatic rings. The number of carbonyl (C=O) groups excluding carboxylic acids is 1. The van der Waals surface area contributed by atoms with Crippen molar-refractivity contribution in [3.05, 3.63) is 24.5 Å². The molecular formula is C20H27N5OS. The summed E-state index contributed by atoms with van der Waals surface area (Å²) in [5.74, 6) is 1.51. The first-order chi connectivity index (χ1) is 13.1. The summed E-state index contributed by atoms with van der Waals surface area (Å²) in [4.78, 5) is 16.9. The Morgan fingerprint density at radius 3 is 2.78 bits per heavy atom. The molecule has 2 aliphatic rings. The van der Waals surface area contributed by atoms with Crippen molar-refractivity contribution in [1.82, 2.24) is 25.1 Å². The van der Waals surface area contributed by atoms with Gasteiger partial charge in [0.05, 0.1) is 5.25 Å². The highest BCUT2D eigenvalue weighted by atomic mass is 32.2. The zero-order valence-electron chi connectivity index (χ0n) is 16.0. The van der Waals surface area contributed by atoms with E-state index in [2.05, 4.69) is 32.0 Å². The largest absolute Gasteiger partial charge is 0.352 e. The highest BCUT2D eigenvalue weighted by Gasteiger charge is 2.32. The maximum atomic E-state index is 12.7. The van der Waals surface area contributed by atoms with Gasteiger partial charge in [0.25, 0.3) is 0 Å². The van der Waals surface area contributed by atoms with Gasteiger partial charge in [0, 0.05) is 30.0 Å². The van der Waals surface area contributed by atoms with Crippen molar-refractivity contribution in [2.75, 3.05) is 0 Å². The highest BCUT2D eigenvalue weighted by molar-refractivity contribution is 8.00. The number of pyridine rings is 1. The van der Waals surface area contributed by atoms with Crippen molar-refractivity contribution in [3.8, 4) is 11.4 Å². The molecule has 0 spiro atoms. The molecule has 0 unspecified atom stereocenters. The maximum Gasteiger partial charge on any atom is 0.233 e. The van der Waals surface area contributed by atoms with Gasteiger partial charge in [0.15, 0.2) is 11.0 Å². The lowest BCUT2D eigenvalue weighted by molar-refractivity contribution is -0.121. The molecule has 0 bridgehead atoms. The van der Waals surface area contributed by atoms with Gasteiger partial charge in [-0.1, -0.05) is 31.5 Å². The van der Waals surface area contributed by atoms with Crippen LogP contribution in [0.15, 0.2) is 29.7 Å². The van der Waals surface area contributed by atoms with Crippen LogP contribution in [0.1, 0.15) is 58.4 Å². The number of amides is 1. The molecule has 1 amide bonds. The van der Waals surface area contributed by atoms with Gasteiger partial charge in [-0.25, -0.2) is 0 Å². The van der Waals surface area contributed by atoms with Gasteiger partial charge in [-0.3, -0.25) is 14.3 Å². The van der Waals surface area contributed by atoms with Crippen LogP contribution in [0.5, 0.6) is 0 Å². The Hall–Kier alpha value is -1.89. The first-order valence-corrected chi connectivity index (χ1v) is 10.8. The minimum Gasteiger partial charge on any atom is -0.352 e. The lowest BCUT2D eigenvalue weighted by Gasteiger charge is -2.30. The molecule has 6 nitrogen and oxygen atoms in total. The van der Waals surface area contributed by atoms with Crippen LogP contribution in [-0.2, 0) is 4.79 Å². The SMILES string of the molecule is C[C@@H]1CCCC[C@H]1NC(=O)[C@@H](C)Sc1nnc(-c2cccnc2)n1C1CC1. The number of carbonyl (C=O) groups is 1. The van der Waals surface area contributed by atoms with E-state index in [1.165, 1.54) is 31.0 Å². The van der Waals surface area contributed by atoms with Gasteiger partial charge in [-0.15, -0.1) is 10.2 Å². The van der Waals surface area contributed by atoms with Gasteiger partial charge in [-0.2, -0.15) is 0 Å². The number of aromatic nitrogens is 4. The van der Waals surface area contributed by atoms with Gasteiger partial charge in [0.1, 0.15) is 0 Å². The Labute approximate surface area is 164 Å². The zero-order chi connectivity index (χ0) is 18.8. The smallest absolute Gasteiger partial charge is 0.233 e. The van der Waals surface area contributed by atoms with Crippen LogP contribution in [0, 0.1) is 5.92 Å². The molecule has 2 heterocycles. The first-order valence-electron chi connectivity index (χ1n) is 9.96. The van der Waals surface area contributed by atoms with E-state index < -0.39 is 0 Å². The average molecular weight is 386 g/mol. The molecule has 0 saturated heterocycles. The molecule has 0 aromatic carbocycles. The molecule has 2 saturated carbocycles. The fraction of sp³-hybridized carbons (Fsp3) is 0.600. The highest BCUT2D eigenvalue weighted by Crippen LogP contribution is 2.41. The average Bonchev–Trinajstić information content (AvgIpc) is 3.44. The third kappa shape index (κ3) is 4.18. The Kier molecular flexibility index (Phi) is 5.48. The summed E-state index contributed by atoms with van der Waals surface area (Å²) in [6.45, 7) is 4.20. The maximum absolute atomic E-state index is 12.7. The predicted molar refractivity (Wildman–Crippen MR) is 106 cm³/mol. The Morgan fingerprint density at radius 2 is 2.07 bits per heavy atom. The van der Waals surface area contributed by atoms with Crippen LogP contribution < -0.4 is 5.32 Å². The molecule has 2 aromatic heterocycles. The Morgan fingerprint density at radius 1 is 1.26 bits per heavy atom. The molecule has 0 radical (unpaired) electrons. The summed E-state index contributed by atoms with van der Waals surface area (Å²) in [7, 11) is 0. The van der Waals surface area contributed by atoms with Crippen molar-refractivity contribution in [1.29, 1.82) is 0 Å². The lowest BCUT2D eigenvalue weighted by atomic mass is 9.86. The van der Waals surface area contributed by atoms with E-state index in [1.807, 2.05) is 25.3 Å². The van der Waals surface area contributed by atoms with Crippen molar-refractivity contribution < 1.29 is 4.79 Å². The minimum absolute atomic E-state index is 0.104. The second kappa shape index (κ2) is 8.00. The molecule has 27 heavy (non-hydrogen) atoms. The topological polar surface area (TPSA) is 72.7 Å². The summed E-state index contributed by atoms with van der Waals surface area (Å²) in [5.41, 5.74) is 0.969. The quantitative estimate of drug-likeness (QED) is 0.765. The summed E-state index contributed by atoms with van der Waals surface area (Å²) in [5, 5.41) is 12.7. The summed E-state index contributed by atoms with van der Waals surface area (Å²) in [6.07, 6.45) is 10.6. The van der Waals surface area contributed by atoms with E-state index in [9.17, 15) is 4.79 Å². The summed E-state index contributed by atoms with van der Waals surface area (Å²) < 4.78 is 2.19. The van der Waals surface area contributed by atoms with Gasteiger partial charge < -0.3 is 5.32 Å². The van der Waals surface area contributed by atoms with Crippen LogP contribution >= 0.6 is 11.8 Å². The summed E-state index contributed by atoms with van der Waals surface area (Å²) >= 11 is 1.51. The predicted octanol–water partition coefficient (Wildman–Crippen LogP) is 3.85. The van der Waals surface area contributed by atoms with Gasteiger partial charge in [0.2, 0.25) is 5.91 Å². The molecule has 2 fully saturated rings. The molecular weight excluding hydrogens is 358 g/mol. The number of rotatable bonds is 6. The van der Waals surface area contributed by atoms with E-state index in [0.717, 1.165) is 35.8 Å². The minimum atomic E-state index is -0.192. The van der Waals surface area contributed by atoms with Crippen LogP contribution in [0.4, 0.5) is 0 Å². The number of thioether (sulfide) groups is 1. The molecule has 0 aliphatic heterocycles.